The highest BCUT2D eigenvalue weighted by atomic mass is 32.2. The van der Waals surface area contributed by atoms with E-state index < -0.39 is 17.9 Å². The number of aliphatic carboxylic acids is 1. The van der Waals surface area contributed by atoms with E-state index in [2.05, 4.69) is 5.32 Å². The van der Waals surface area contributed by atoms with Crippen molar-refractivity contribution in [3.63, 3.8) is 0 Å². The molecule has 2 aromatic rings. The normalized spacial score (nSPS) is 12.0. The summed E-state index contributed by atoms with van der Waals surface area (Å²) in [6.45, 7) is 0. The Balaban J connectivity index is 2.29. The lowest BCUT2D eigenvalue weighted by atomic mass is 10.0. The zero-order valence-corrected chi connectivity index (χ0v) is 13.0. The van der Waals surface area contributed by atoms with Crippen LogP contribution >= 0.6 is 11.8 Å². The van der Waals surface area contributed by atoms with E-state index in [1.165, 1.54) is 0 Å². The van der Waals surface area contributed by atoms with Gasteiger partial charge in [-0.05, 0) is 35.9 Å². The molecule has 22 heavy (non-hydrogen) atoms. The van der Waals surface area contributed by atoms with Crippen molar-refractivity contribution in [1.29, 1.82) is 0 Å². The molecule has 1 amide bonds. The second kappa shape index (κ2) is 7.17. The minimum atomic E-state index is -1.03. The summed E-state index contributed by atoms with van der Waals surface area (Å²) in [6.07, 6.45) is 2.28. The van der Waals surface area contributed by atoms with Crippen molar-refractivity contribution < 1.29 is 14.7 Å². The van der Waals surface area contributed by atoms with Gasteiger partial charge in [-0.3, -0.25) is 4.79 Å². The topological polar surface area (TPSA) is 92.4 Å². The van der Waals surface area contributed by atoms with Gasteiger partial charge in [0.1, 0.15) is 6.04 Å². The molecule has 0 fully saturated rings. The molecule has 6 heteroatoms. The third-order valence-electron chi connectivity index (χ3n) is 3.41. The van der Waals surface area contributed by atoms with Gasteiger partial charge in [0.05, 0.1) is 0 Å². The molecule has 0 unspecified atom stereocenters. The van der Waals surface area contributed by atoms with Crippen LogP contribution in [0, 0.1) is 0 Å². The standard InChI is InChI=1S/C16H18N2O3S/c1-22-9-8-14(16(20)21)18-15(19)12-6-2-5-11-10(12)4-3-7-13(11)17/h2-7,14H,8-9,17H2,1H3,(H,18,19)(H,20,21)/t14-/m0/s1. The minimum Gasteiger partial charge on any atom is -0.480 e. The molecule has 0 bridgehead atoms. The number of rotatable bonds is 6. The van der Waals surface area contributed by atoms with Gasteiger partial charge in [0.15, 0.2) is 0 Å². The van der Waals surface area contributed by atoms with Crippen molar-refractivity contribution in [2.24, 2.45) is 0 Å². The first-order chi connectivity index (χ1) is 10.5. The molecule has 2 aromatic carbocycles. The molecule has 0 saturated heterocycles. The van der Waals surface area contributed by atoms with Crippen LogP contribution in [0.2, 0.25) is 0 Å². The van der Waals surface area contributed by atoms with Crippen molar-refractivity contribution in [3.05, 3.63) is 42.0 Å². The number of carboxylic acid groups (broad SMARTS) is 1. The summed E-state index contributed by atoms with van der Waals surface area (Å²) in [5.74, 6) is -0.758. The van der Waals surface area contributed by atoms with Crippen LogP contribution in [-0.2, 0) is 4.79 Å². The Morgan fingerprint density at radius 3 is 2.59 bits per heavy atom. The molecule has 0 aliphatic heterocycles. The molecule has 0 aromatic heterocycles. The number of thioether (sulfide) groups is 1. The van der Waals surface area contributed by atoms with E-state index in [-0.39, 0.29) is 0 Å². The number of amides is 1. The van der Waals surface area contributed by atoms with Crippen LogP contribution in [0.15, 0.2) is 36.4 Å². The SMILES string of the molecule is CSCC[C@H](NC(=O)c1cccc2c(N)cccc12)C(=O)O. The first-order valence-corrected chi connectivity index (χ1v) is 8.23. The van der Waals surface area contributed by atoms with Gasteiger partial charge in [0.2, 0.25) is 0 Å². The van der Waals surface area contributed by atoms with E-state index in [0.29, 0.717) is 28.8 Å². The van der Waals surface area contributed by atoms with E-state index in [4.69, 9.17) is 5.73 Å². The summed E-state index contributed by atoms with van der Waals surface area (Å²) in [5, 5.41) is 13.3. The highest BCUT2D eigenvalue weighted by Crippen LogP contribution is 2.24. The summed E-state index contributed by atoms with van der Waals surface area (Å²) >= 11 is 1.54. The predicted molar refractivity (Wildman–Crippen MR) is 90.2 cm³/mol. The molecular formula is C16H18N2O3S. The molecule has 2 rings (SSSR count). The number of fused-ring (bicyclic) bond motifs is 1. The molecule has 0 aliphatic rings. The second-order valence-corrected chi connectivity index (χ2v) is 5.88. The molecule has 0 heterocycles. The van der Waals surface area contributed by atoms with Gasteiger partial charge in [-0.1, -0.05) is 24.3 Å². The Bertz CT molecular complexity index is 703. The Morgan fingerprint density at radius 2 is 1.91 bits per heavy atom. The number of benzene rings is 2. The zero-order chi connectivity index (χ0) is 16.1. The van der Waals surface area contributed by atoms with Crippen LogP contribution in [0.5, 0.6) is 0 Å². The van der Waals surface area contributed by atoms with Gasteiger partial charge in [0.25, 0.3) is 5.91 Å². The Morgan fingerprint density at radius 1 is 1.23 bits per heavy atom. The van der Waals surface area contributed by atoms with Crippen LogP contribution < -0.4 is 11.1 Å². The van der Waals surface area contributed by atoms with E-state index in [1.807, 2.05) is 12.3 Å². The van der Waals surface area contributed by atoms with Crippen LogP contribution in [-0.4, -0.2) is 35.0 Å². The lowest BCUT2D eigenvalue weighted by molar-refractivity contribution is -0.139. The molecule has 0 saturated carbocycles. The number of nitrogens with two attached hydrogens (primary N) is 1. The third kappa shape index (κ3) is 3.51. The van der Waals surface area contributed by atoms with Crippen molar-refractivity contribution >= 4 is 40.1 Å². The molecule has 5 nitrogen and oxygen atoms in total. The van der Waals surface area contributed by atoms with Crippen LogP contribution in [0.3, 0.4) is 0 Å². The zero-order valence-electron chi connectivity index (χ0n) is 12.2. The molecular weight excluding hydrogens is 300 g/mol. The van der Waals surface area contributed by atoms with E-state index in [1.54, 1.807) is 42.1 Å². The lowest BCUT2D eigenvalue weighted by Crippen LogP contribution is -2.41. The number of hydrogen-bond donors (Lipinski definition) is 3. The number of anilines is 1. The van der Waals surface area contributed by atoms with Crippen molar-refractivity contribution in [3.8, 4) is 0 Å². The summed E-state index contributed by atoms with van der Waals surface area (Å²) in [6, 6.07) is 9.70. The van der Waals surface area contributed by atoms with Crippen LogP contribution in [0.4, 0.5) is 5.69 Å². The van der Waals surface area contributed by atoms with Gasteiger partial charge in [-0.15, -0.1) is 0 Å². The van der Waals surface area contributed by atoms with E-state index in [9.17, 15) is 14.7 Å². The van der Waals surface area contributed by atoms with Gasteiger partial charge in [0, 0.05) is 16.6 Å². The van der Waals surface area contributed by atoms with Gasteiger partial charge in [-0.2, -0.15) is 11.8 Å². The van der Waals surface area contributed by atoms with Crippen LogP contribution in [0.1, 0.15) is 16.8 Å². The predicted octanol–water partition coefficient (Wildman–Crippen LogP) is 2.36. The molecule has 4 N–H and O–H groups in total. The largest absolute Gasteiger partial charge is 0.480 e. The van der Waals surface area contributed by atoms with Crippen molar-refractivity contribution in [2.75, 3.05) is 17.7 Å². The van der Waals surface area contributed by atoms with Gasteiger partial charge < -0.3 is 16.2 Å². The Labute approximate surface area is 132 Å². The average Bonchev–Trinajstić information content (AvgIpc) is 2.51. The number of hydrogen-bond acceptors (Lipinski definition) is 4. The highest BCUT2D eigenvalue weighted by Gasteiger charge is 2.21. The summed E-state index contributed by atoms with van der Waals surface area (Å²) < 4.78 is 0. The first-order valence-electron chi connectivity index (χ1n) is 6.84. The van der Waals surface area contributed by atoms with Gasteiger partial charge >= 0.3 is 5.97 Å². The molecule has 1 atom stereocenters. The number of carboxylic acids is 1. The van der Waals surface area contributed by atoms with Gasteiger partial charge in [-0.25, -0.2) is 4.79 Å². The minimum absolute atomic E-state index is 0.384. The fraction of sp³-hybridized carbons (Fsp3) is 0.250. The summed E-state index contributed by atoms with van der Waals surface area (Å²) in [7, 11) is 0. The fourth-order valence-corrected chi connectivity index (χ4v) is 2.73. The Kier molecular flexibility index (Phi) is 5.27. The smallest absolute Gasteiger partial charge is 0.326 e. The number of carbonyl (C=O) groups is 2. The third-order valence-corrected chi connectivity index (χ3v) is 4.06. The lowest BCUT2D eigenvalue weighted by Gasteiger charge is -2.15. The second-order valence-electron chi connectivity index (χ2n) is 4.89. The summed E-state index contributed by atoms with van der Waals surface area (Å²) in [5.41, 5.74) is 6.93. The van der Waals surface area contributed by atoms with Crippen molar-refractivity contribution in [2.45, 2.75) is 12.5 Å². The van der Waals surface area contributed by atoms with E-state index in [0.717, 1.165) is 5.39 Å². The molecule has 0 radical (unpaired) electrons. The number of nitrogens with one attached hydrogen (secondary N) is 1. The maximum absolute atomic E-state index is 12.4. The monoisotopic (exact) mass is 318 g/mol. The summed E-state index contributed by atoms with van der Waals surface area (Å²) in [4.78, 5) is 23.7. The maximum Gasteiger partial charge on any atom is 0.326 e. The quantitative estimate of drug-likeness (QED) is 0.711. The maximum atomic E-state index is 12.4. The Hall–Kier alpha value is -2.21. The van der Waals surface area contributed by atoms with Crippen molar-refractivity contribution in [1.82, 2.24) is 5.32 Å². The highest BCUT2D eigenvalue weighted by molar-refractivity contribution is 7.98. The first kappa shape index (κ1) is 16.2. The fourth-order valence-electron chi connectivity index (χ4n) is 2.26. The molecule has 0 aliphatic carbocycles. The average molecular weight is 318 g/mol. The number of carbonyl (C=O) groups excluding carboxylic acids is 1. The van der Waals surface area contributed by atoms with E-state index >= 15 is 0 Å². The number of nitrogen functional groups attached to an aromatic ring is 1. The van der Waals surface area contributed by atoms with Crippen LogP contribution in [0.25, 0.3) is 10.8 Å². The molecule has 0 spiro atoms. The molecule has 116 valence electrons.